The summed E-state index contributed by atoms with van der Waals surface area (Å²) in [6, 6.07) is 6.59. The van der Waals surface area contributed by atoms with Gasteiger partial charge in [0.2, 0.25) is 0 Å². The van der Waals surface area contributed by atoms with Crippen LogP contribution in [0, 0.1) is 11.6 Å². The zero-order valence-electron chi connectivity index (χ0n) is 12.8. The van der Waals surface area contributed by atoms with Crippen LogP contribution < -0.4 is 5.32 Å². The SMILES string of the molecule is O=C(Nc1ccc(F)cc1F)N1CCN(Cc2ccc(Cl)s2)CC1. The molecule has 1 aromatic carbocycles. The highest BCUT2D eigenvalue weighted by molar-refractivity contribution is 7.16. The second kappa shape index (κ2) is 7.46. The fourth-order valence-electron chi connectivity index (χ4n) is 2.55. The number of benzene rings is 1. The van der Waals surface area contributed by atoms with Crippen molar-refractivity contribution in [3.8, 4) is 0 Å². The minimum Gasteiger partial charge on any atom is -0.322 e. The summed E-state index contributed by atoms with van der Waals surface area (Å²) in [6.07, 6.45) is 0. The van der Waals surface area contributed by atoms with Crippen LogP contribution in [-0.2, 0) is 6.54 Å². The maximum absolute atomic E-state index is 13.6. The van der Waals surface area contributed by atoms with Gasteiger partial charge in [0.15, 0.2) is 0 Å². The lowest BCUT2D eigenvalue weighted by Crippen LogP contribution is -2.49. The average Bonchev–Trinajstić information content (AvgIpc) is 2.96. The Labute approximate surface area is 147 Å². The topological polar surface area (TPSA) is 35.6 Å². The molecule has 24 heavy (non-hydrogen) atoms. The number of urea groups is 1. The van der Waals surface area contributed by atoms with E-state index >= 15 is 0 Å². The molecule has 3 rings (SSSR count). The highest BCUT2D eigenvalue weighted by Crippen LogP contribution is 2.23. The number of hydrogen-bond acceptors (Lipinski definition) is 3. The van der Waals surface area contributed by atoms with Crippen molar-refractivity contribution >= 4 is 34.7 Å². The minimum absolute atomic E-state index is 0.0166. The smallest absolute Gasteiger partial charge is 0.322 e. The van der Waals surface area contributed by atoms with Gasteiger partial charge in [-0.2, -0.15) is 0 Å². The predicted molar refractivity (Wildman–Crippen MR) is 91.6 cm³/mol. The van der Waals surface area contributed by atoms with Crippen LogP contribution in [0.3, 0.4) is 0 Å². The minimum atomic E-state index is -0.781. The number of thiophene rings is 1. The van der Waals surface area contributed by atoms with E-state index in [2.05, 4.69) is 10.2 Å². The highest BCUT2D eigenvalue weighted by atomic mass is 35.5. The molecule has 0 bridgehead atoms. The van der Waals surface area contributed by atoms with E-state index in [0.717, 1.165) is 36.1 Å². The summed E-state index contributed by atoms with van der Waals surface area (Å²) in [5, 5.41) is 2.49. The zero-order chi connectivity index (χ0) is 17.1. The van der Waals surface area contributed by atoms with Crippen molar-refractivity contribution in [1.82, 2.24) is 9.80 Å². The highest BCUT2D eigenvalue weighted by Gasteiger charge is 2.22. The molecule has 8 heteroatoms. The fourth-order valence-corrected chi connectivity index (χ4v) is 3.68. The first kappa shape index (κ1) is 17.1. The van der Waals surface area contributed by atoms with Gasteiger partial charge in [-0.15, -0.1) is 11.3 Å². The maximum Gasteiger partial charge on any atom is 0.322 e. The molecule has 2 aromatic rings. The number of piperazine rings is 1. The van der Waals surface area contributed by atoms with Gasteiger partial charge in [-0.05, 0) is 24.3 Å². The number of rotatable bonds is 3. The second-order valence-electron chi connectivity index (χ2n) is 5.52. The Kier molecular flexibility index (Phi) is 5.33. The lowest BCUT2D eigenvalue weighted by Gasteiger charge is -2.34. The summed E-state index contributed by atoms with van der Waals surface area (Å²) in [4.78, 5) is 17.2. The number of carbonyl (C=O) groups excluding carboxylic acids is 1. The Balaban J connectivity index is 1.51. The van der Waals surface area contributed by atoms with Crippen LogP contribution in [0.15, 0.2) is 30.3 Å². The van der Waals surface area contributed by atoms with Gasteiger partial charge in [0.05, 0.1) is 10.0 Å². The summed E-state index contributed by atoms with van der Waals surface area (Å²) < 4.78 is 27.2. The first-order chi connectivity index (χ1) is 11.5. The number of anilines is 1. The number of carbonyl (C=O) groups is 1. The molecule has 0 spiro atoms. The van der Waals surface area contributed by atoms with Crippen LogP contribution in [0.1, 0.15) is 4.88 Å². The third kappa shape index (κ3) is 4.23. The number of nitrogens with zero attached hydrogens (tertiary/aromatic N) is 2. The van der Waals surface area contributed by atoms with Crippen molar-refractivity contribution in [2.75, 3.05) is 31.5 Å². The third-order valence-corrected chi connectivity index (χ3v) is 5.06. The molecule has 1 aliphatic heterocycles. The maximum atomic E-state index is 13.6. The molecule has 4 nitrogen and oxygen atoms in total. The van der Waals surface area contributed by atoms with Crippen molar-refractivity contribution in [2.24, 2.45) is 0 Å². The van der Waals surface area contributed by atoms with E-state index in [1.165, 1.54) is 10.9 Å². The molecule has 1 fully saturated rings. The molecule has 128 valence electrons. The fraction of sp³-hybridized carbons (Fsp3) is 0.312. The Bertz CT molecular complexity index is 732. The standard InChI is InChI=1S/C16H16ClF2N3OS/c17-15-4-2-12(24-15)10-21-5-7-22(8-6-21)16(23)20-14-3-1-11(18)9-13(14)19/h1-4,9H,5-8,10H2,(H,20,23). The molecule has 1 saturated heterocycles. The van der Waals surface area contributed by atoms with Gasteiger partial charge in [-0.25, -0.2) is 13.6 Å². The predicted octanol–water partition coefficient (Wildman–Crippen LogP) is 4.03. The Morgan fingerprint density at radius 3 is 2.54 bits per heavy atom. The Morgan fingerprint density at radius 2 is 1.92 bits per heavy atom. The number of amides is 2. The van der Waals surface area contributed by atoms with E-state index < -0.39 is 11.6 Å². The monoisotopic (exact) mass is 371 g/mol. The normalized spacial score (nSPS) is 15.5. The number of nitrogens with one attached hydrogen (secondary N) is 1. The molecular formula is C16H16ClF2N3OS. The van der Waals surface area contributed by atoms with Crippen LogP contribution in [0.5, 0.6) is 0 Å². The van der Waals surface area contributed by atoms with Crippen LogP contribution in [-0.4, -0.2) is 42.0 Å². The molecule has 0 radical (unpaired) electrons. The van der Waals surface area contributed by atoms with Crippen LogP contribution in [0.25, 0.3) is 0 Å². The molecule has 0 saturated carbocycles. The molecular weight excluding hydrogens is 356 g/mol. The number of hydrogen-bond donors (Lipinski definition) is 1. The lowest BCUT2D eigenvalue weighted by molar-refractivity contribution is 0.143. The van der Waals surface area contributed by atoms with Crippen LogP contribution in [0.2, 0.25) is 4.34 Å². The van der Waals surface area contributed by atoms with Crippen molar-refractivity contribution < 1.29 is 13.6 Å². The molecule has 1 aromatic heterocycles. The summed E-state index contributed by atoms with van der Waals surface area (Å²) in [5.74, 6) is -1.45. The zero-order valence-corrected chi connectivity index (χ0v) is 14.3. The van der Waals surface area contributed by atoms with Gasteiger partial charge in [-0.3, -0.25) is 4.90 Å². The van der Waals surface area contributed by atoms with Gasteiger partial charge in [0, 0.05) is 43.7 Å². The van der Waals surface area contributed by atoms with E-state index in [0.29, 0.717) is 13.1 Å². The summed E-state index contributed by atoms with van der Waals surface area (Å²) >= 11 is 7.48. The van der Waals surface area contributed by atoms with Gasteiger partial charge in [0.25, 0.3) is 0 Å². The molecule has 1 N–H and O–H groups in total. The van der Waals surface area contributed by atoms with Gasteiger partial charge >= 0.3 is 6.03 Å². The van der Waals surface area contributed by atoms with Gasteiger partial charge in [-0.1, -0.05) is 11.6 Å². The third-order valence-electron chi connectivity index (χ3n) is 3.84. The van der Waals surface area contributed by atoms with Crippen molar-refractivity contribution in [1.29, 1.82) is 0 Å². The summed E-state index contributed by atoms with van der Waals surface area (Å²) in [6.45, 7) is 3.37. The quantitative estimate of drug-likeness (QED) is 0.884. The van der Waals surface area contributed by atoms with Gasteiger partial charge < -0.3 is 10.2 Å². The molecule has 0 unspecified atom stereocenters. The van der Waals surface area contributed by atoms with E-state index in [9.17, 15) is 13.6 Å². The van der Waals surface area contributed by atoms with Crippen LogP contribution >= 0.6 is 22.9 Å². The number of halogens is 3. The van der Waals surface area contributed by atoms with E-state index in [1.807, 2.05) is 12.1 Å². The Hall–Kier alpha value is -1.70. The van der Waals surface area contributed by atoms with Crippen molar-refractivity contribution in [2.45, 2.75) is 6.54 Å². The lowest BCUT2D eigenvalue weighted by atomic mass is 10.3. The van der Waals surface area contributed by atoms with E-state index in [4.69, 9.17) is 11.6 Å². The summed E-state index contributed by atoms with van der Waals surface area (Å²) in [5.41, 5.74) is -0.0166. The van der Waals surface area contributed by atoms with Crippen molar-refractivity contribution in [3.05, 3.63) is 51.2 Å². The van der Waals surface area contributed by atoms with E-state index in [-0.39, 0.29) is 11.7 Å². The average molecular weight is 372 g/mol. The molecule has 1 aliphatic rings. The largest absolute Gasteiger partial charge is 0.322 e. The molecule has 0 aliphatic carbocycles. The summed E-state index contributed by atoms with van der Waals surface area (Å²) in [7, 11) is 0. The first-order valence-electron chi connectivity index (χ1n) is 7.49. The second-order valence-corrected chi connectivity index (χ2v) is 7.32. The van der Waals surface area contributed by atoms with Gasteiger partial charge in [0.1, 0.15) is 11.6 Å². The van der Waals surface area contributed by atoms with E-state index in [1.54, 1.807) is 16.2 Å². The first-order valence-corrected chi connectivity index (χ1v) is 8.68. The molecule has 2 heterocycles. The van der Waals surface area contributed by atoms with Crippen molar-refractivity contribution in [3.63, 3.8) is 0 Å². The van der Waals surface area contributed by atoms with Crippen LogP contribution in [0.4, 0.5) is 19.3 Å². The molecule has 0 atom stereocenters. The Morgan fingerprint density at radius 1 is 1.17 bits per heavy atom. The molecule has 2 amide bonds.